The summed E-state index contributed by atoms with van der Waals surface area (Å²) < 4.78 is 44.5. The lowest BCUT2D eigenvalue weighted by Crippen LogP contribution is -2.19. The van der Waals surface area contributed by atoms with E-state index in [1.165, 1.54) is 12.1 Å². The Balaban J connectivity index is 2.62. The van der Waals surface area contributed by atoms with Crippen LogP contribution in [0, 0.1) is 0 Å². The molecule has 18 heavy (non-hydrogen) atoms. The normalized spacial score (nSPS) is 11.1. The van der Waals surface area contributed by atoms with Crippen molar-refractivity contribution in [3.05, 3.63) is 24.3 Å². The summed E-state index contributed by atoms with van der Waals surface area (Å²) in [5, 5.41) is 2.39. The highest BCUT2D eigenvalue weighted by Gasteiger charge is 2.31. The maximum Gasteiger partial charge on any atom is 0.573 e. The number of halogens is 3. The van der Waals surface area contributed by atoms with Gasteiger partial charge >= 0.3 is 6.36 Å². The van der Waals surface area contributed by atoms with Gasteiger partial charge in [-0.3, -0.25) is 4.79 Å². The van der Waals surface area contributed by atoms with E-state index in [1.54, 1.807) is 6.92 Å². The molecule has 1 N–H and O–H groups in total. The summed E-state index contributed by atoms with van der Waals surface area (Å²) in [7, 11) is 0. The molecule has 0 aliphatic carbocycles. The lowest BCUT2D eigenvalue weighted by Gasteiger charge is -2.10. The van der Waals surface area contributed by atoms with Crippen LogP contribution in [0.1, 0.15) is 6.92 Å². The van der Waals surface area contributed by atoms with Gasteiger partial charge in [-0.25, -0.2) is 0 Å². The first-order chi connectivity index (χ1) is 8.40. The van der Waals surface area contributed by atoms with Crippen LogP contribution in [-0.4, -0.2) is 25.5 Å². The number of rotatable bonds is 5. The Labute approximate surface area is 102 Å². The second kappa shape index (κ2) is 6.25. The van der Waals surface area contributed by atoms with E-state index in [0.717, 1.165) is 12.1 Å². The Morgan fingerprint density at radius 3 is 2.72 bits per heavy atom. The summed E-state index contributed by atoms with van der Waals surface area (Å²) in [4.78, 5) is 11.3. The van der Waals surface area contributed by atoms with Gasteiger partial charge in [-0.15, -0.1) is 13.2 Å². The molecular formula is C11H12F3NO3. The largest absolute Gasteiger partial charge is 0.573 e. The van der Waals surface area contributed by atoms with E-state index in [-0.39, 0.29) is 12.3 Å². The van der Waals surface area contributed by atoms with Gasteiger partial charge in [0.2, 0.25) is 5.91 Å². The third-order valence-electron chi connectivity index (χ3n) is 1.79. The summed E-state index contributed by atoms with van der Waals surface area (Å²) in [5.74, 6) is -0.835. The molecule has 4 nitrogen and oxygen atoms in total. The molecule has 0 aliphatic heterocycles. The molecule has 1 aromatic carbocycles. The molecule has 100 valence electrons. The predicted octanol–water partition coefficient (Wildman–Crippen LogP) is 2.56. The molecule has 1 amide bonds. The Hall–Kier alpha value is -1.76. The van der Waals surface area contributed by atoms with Crippen LogP contribution < -0.4 is 10.1 Å². The minimum absolute atomic E-state index is 0.152. The van der Waals surface area contributed by atoms with Gasteiger partial charge in [0.25, 0.3) is 0 Å². The summed E-state index contributed by atoms with van der Waals surface area (Å²) in [6.45, 7) is 1.95. The van der Waals surface area contributed by atoms with Crippen LogP contribution in [0.25, 0.3) is 0 Å². The molecule has 1 rings (SSSR count). The summed E-state index contributed by atoms with van der Waals surface area (Å²) in [5.41, 5.74) is 0.210. The zero-order valence-electron chi connectivity index (χ0n) is 9.58. The van der Waals surface area contributed by atoms with Gasteiger partial charge in [-0.2, -0.15) is 0 Å². The minimum Gasteiger partial charge on any atom is -0.406 e. The number of alkyl halides is 3. The van der Waals surface area contributed by atoms with Gasteiger partial charge in [0.15, 0.2) is 0 Å². The van der Waals surface area contributed by atoms with Gasteiger partial charge < -0.3 is 14.8 Å². The molecule has 0 fully saturated rings. The Kier molecular flexibility index (Phi) is 4.96. The molecule has 0 unspecified atom stereocenters. The van der Waals surface area contributed by atoms with Crippen molar-refractivity contribution in [2.24, 2.45) is 0 Å². The third kappa shape index (κ3) is 5.53. The molecule has 0 spiro atoms. The molecule has 7 heteroatoms. The van der Waals surface area contributed by atoms with Crippen LogP contribution >= 0.6 is 0 Å². The molecule has 0 radical (unpaired) electrons. The Morgan fingerprint density at radius 1 is 1.39 bits per heavy atom. The summed E-state index contributed by atoms with van der Waals surface area (Å²) in [6, 6.07) is 5.02. The van der Waals surface area contributed by atoms with Crippen molar-refractivity contribution in [2.75, 3.05) is 18.5 Å². The molecule has 1 aromatic rings. The molecule has 0 saturated carbocycles. The lowest BCUT2D eigenvalue weighted by molar-refractivity contribution is -0.274. The molecule has 0 saturated heterocycles. The van der Waals surface area contributed by atoms with Crippen LogP contribution in [0.3, 0.4) is 0 Å². The molecular weight excluding hydrogens is 251 g/mol. The fourth-order valence-corrected chi connectivity index (χ4v) is 1.16. The highest BCUT2D eigenvalue weighted by atomic mass is 19.4. The van der Waals surface area contributed by atoms with Crippen molar-refractivity contribution < 1.29 is 27.4 Å². The first-order valence-electron chi connectivity index (χ1n) is 5.14. The van der Waals surface area contributed by atoms with Crippen LogP contribution in [0.2, 0.25) is 0 Å². The SMILES string of the molecule is CCOCC(=O)Nc1cccc(OC(F)(F)F)c1. The van der Waals surface area contributed by atoms with Gasteiger partial charge in [0.05, 0.1) is 0 Å². The highest BCUT2D eigenvalue weighted by molar-refractivity contribution is 5.91. The molecule has 0 aromatic heterocycles. The first-order valence-corrected chi connectivity index (χ1v) is 5.14. The van der Waals surface area contributed by atoms with E-state index in [4.69, 9.17) is 4.74 Å². The Bertz CT molecular complexity index is 407. The smallest absolute Gasteiger partial charge is 0.406 e. The zero-order valence-corrected chi connectivity index (χ0v) is 9.58. The van der Waals surface area contributed by atoms with E-state index in [1.807, 2.05) is 0 Å². The maximum atomic E-state index is 12.0. The predicted molar refractivity (Wildman–Crippen MR) is 58.2 cm³/mol. The van der Waals surface area contributed by atoms with Crippen LogP contribution in [0.15, 0.2) is 24.3 Å². The quantitative estimate of drug-likeness (QED) is 0.888. The van der Waals surface area contributed by atoms with Crippen LogP contribution in [0.4, 0.5) is 18.9 Å². The van der Waals surface area contributed by atoms with E-state index in [0.29, 0.717) is 6.61 Å². The molecule has 0 aliphatic rings. The number of hydrogen-bond donors (Lipinski definition) is 1. The first kappa shape index (κ1) is 14.3. The average Bonchev–Trinajstić information content (AvgIpc) is 2.24. The molecule has 0 bridgehead atoms. The second-order valence-corrected chi connectivity index (χ2v) is 3.26. The maximum absolute atomic E-state index is 12.0. The number of anilines is 1. The van der Waals surface area contributed by atoms with Crippen molar-refractivity contribution >= 4 is 11.6 Å². The zero-order chi connectivity index (χ0) is 13.6. The fourth-order valence-electron chi connectivity index (χ4n) is 1.16. The standard InChI is InChI=1S/C11H12F3NO3/c1-2-17-7-10(16)15-8-4-3-5-9(6-8)18-11(12,13)14/h3-6H,2,7H2,1H3,(H,15,16). The number of amides is 1. The number of hydrogen-bond acceptors (Lipinski definition) is 3. The summed E-state index contributed by atoms with van der Waals surface area (Å²) >= 11 is 0. The van der Waals surface area contributed by atoms with E-state index >= 15 is 0 Å². The van der Waals surface area contributed by atoms with Crippen molar-refractivity contribution in [3.63, 3.8) is 0 Å². The number of ether oxygens (including phenoxy) is 2. The van der Waals surface area contributed by atoms with Gasteiger partial charge in [0, 0.05) is 18.4 Å². The third-order valence-corrected chi connectivity index (χ3v) is 1.79. The average molecular weight is 263 g/mol. The number of benzene rings is 1. The molecule has 0 atom stereocenters. The highest BCUT2D eigenvalue weighted by Crippen LogP contribution is 2.24. The monoisotopic (exact) mass is 263 g/mol. The van der Waals surface area contributed by atoms with Crippen molar-refractivity contribution in [1.82, 2.24) is 0 Å². The van der Waals surface area contributed by atoms with Crippen molar-refractivity contribution in [2.45, 2.75) is 13.3 Å². The van der Waals surface area contributed by atoms with Crippen LogP contribution in [0.5, 0.6) is 5.75 Å². The van der Waals surface area contributed by atoms with Crippen molar-refractivity contribution in [1.29, 1.82) is 0 Å². The summed E-state index contributed by atoms with van der Waals surface area (Å²) in [6.07, 6.45) is -4.76. The molecule has 0 heterocycles. The van der Waals surface area contributed by atoms with E-state index in [9.17, 15) is 18.0 Å². The van der Waals surface area contributed by atoms with Gasteiger partial charge in [-0.05, 0) is 19.1 Å². The van der Waals surface area contributed by atoms with E-state index in [2.05, 4.69) is 10.1 Å². The van der Waals surface area contributed by atoms with Gasteiger partial charge in [0.1, 0.15) is 12.4 Å². The number of carbonyl (C=O) groups excluding carboxylic acids is 1. The van der Waals surface area contributed by atoms with Crippen LogP contribution in [-0.2, 0) is 9.53 Å². The Morgan fingerprint density at radius 2 is 2.11 bits per heavy atom. The lowest BCUT2D eigenvalue weighted by atomic mass is 10.3. The second-order valence-electron chi connectivity index (χ2n) is 3.26. The topological polar surface area (TPSA) is 47.6 Å². The van der Waals surface area contributed by atoms with Crippen molar-refractivity contribution in [3.8, 4) is 5.75 Å². The van der Waals surface area contributed by atoms with Gasteiger partial charge in [-0.1, -0.05) is 6.07 Å². The number of carbonyl (C=O) groups is 1. The number of nitrogens with one attached hydrogen (secondary N) is 1. The minimum atomic E-state index is -4.76. The fraction of sp³-hybridized carbons (Fsp3) is 0.364. The van der Waals surface area contributed by atoms with E-state index < -0.39 is 18.0 Å².